The zero-order valence-corrected chi connectivity index (χ0v) is 9.12. The van der Waals surface area contributed by atoms with Crippen molar-refractivity contribution in [2.75, 3.05) is 7.05 Å². The highest BCUT2D eigenvalue weighted by Crippen LogP contribution is 2.11. The first-order valence-electron chi connectivity index (χ1n) is 4.23. The molecule has 0 fully saturated rings. The monoisotopic (exact) mass is 227 g/mol. The van der Waals surface area contributed by atoms with Crippen LogP contribution >= 0.6 is 11.6 Å². The molecule has 1 aromatic carbocycles. The second-order valence-electron chi connectivity index (χ2n) is 2.89. The van der Waals surface area contributed by atoms with Gasteiger partial charge in [0.25, 0.3) is 5.91 Å². The Labute approximate surface area is 92.3 Å². The SMILES string of the molecule is CC(=O)ON(C)C(=O)c1ccc(Cl)cc1. The molecule has 15 heavy (non-hydrogen) atoms. The number of hydrogen-bond donors (Lipinski definition) is 0. The molecule has 80 valence electrons. The summed E-state index contributed by atoms with van der Waals surface area (Å²) in [6.45, 7) is 1.23. The van der Waals surface area contributed by atoms with Crippen molar-refractivity contribution in [3.8, 4) is 0 Å². The van der Waals surface area contributed by atoms with E-state index in [0.29, 0.717) is 10.6 Å². The largest absolute Gasteiger partial charge is 0.338 e. The van der Waals surface area contributed by atoms with E-state index in [1.54, 1.807) is 24.3 Å². The Kier molecular flexibility index (Phi) is 3.68. The molecule has 0 heterocycles. The van der Waals surface area contributed by atoms with Crippen LogP contribution in [0.4, 0.5) is 0 Å². The van der Waals surface area contributed by atoms with Crippen LogP contribution in [0, 0.1) is 0 Å². The average molecular weight is 228 g/mol. The van der Waals surface area contributed by atoms with Gasteiger partial charge in [0, 0.05) is 24.6 Å². The molecular weight excluding hydrogens is 218 g/mol. The number of carbonyl (C=O) groups is 2. The summed E-state index contributed by atoms with van der Waals surface area (Å²) in [5.41, 5.74) is 0.406. The van der Waals surface area contributed by atoms with E-state index in [-0.39, 0.29) is 0 Å². The molecule has 4 nitrogen and oxygen atoms in total. The van der Waals surface area contributed by atoms with Gasteiger partial charge in [0.2, 0.25) is 0 Å². The zero-order chi connectivity index (χ0) is 11.4. The van der Waals surface area contributed by atoms with Crippen LogP contribution in [-0.2, 0) is 9.63 Å². The molecule has 0 atom stereocenters. The summed E-state index contributed by atoms with van der Waals surface area (Å²) in [5, 5.41) is 1.42. The summed E-state index contributed by atoms with van der Waals surface area (Å²) in [4.78, 5) is 26.8. The lowest BCUT2D eigenvalue weighted by molar-refractivity contribution is -0.170. The number of hydrogen-bond acceptors (Lipinski definition) is 3. The fourth-order valence-electron chi connectivity index (χ4n) is 1.01. The van der Waals surface area contributed by atoms with Crippen LogP contribution in [0.15, 0.2) is 24.3 Å². The summed E-state index contributed by atoms with van der Waals surface area (Å²) < 4.78 is 0. The second-order valence-corrected chi connectivity index (χ2v) is 3.33. The summed E-state index contributed by atoms with van der Waals surface area (Å²) in [7, 11) is 1.37. The van der Waals surface area contributed by atoms with Crippen molar-refractivity contribution in [1.29, 1.82) is 0 Å². The van der Waals surface area contributed by atoms with E-state index in [1.807, 2.05) is 0 Å². The Bertz CT molecular complexity index is 375. The Morgan fingerprint density at radius 1 is 1.27 bits per heavy atom. The highest BCUT2D eigenvalue weighted by Gasteiger charge is 2.13. The first-order valence-corrected chi connectivity index (χ1v) is 4.60. The molecule has 5 heteroatoms. The van der Waals surface area contributed by atoms with Crippen molar-refractivity contribution >= 4 is 23.5 Å². The zero-order valence-electron chi connectivity index (χ0n) is 8.36. The molecule has 0 radical (unpaired) electrons. The lowest BCUT2D eigenvalue weighted by Crippen LogP contribution is -2.28. The molecule has 0 aliphatic rings. The van der Waals surface area contributed by atoms with Gasteiger partial charge in [-0.05, 0) is 24.3 Å². The first-order chi connectivity index (χ1) is 7.00. The lowest BCUT2D eigenvalue weighted by atomic mass is 10.2. The molecule has 0 saturated heterocycles. The van der Waals surface area contributed by atoms with Gasteiger partial charge in [0.05, 0.1) is 0 Å². The van der Waals surface area contributed by atoms with Gasteiger partial charge in [-0.1, -0.05) is 11.6 Å². The van der Waals surface area contributed by atoms with E-state index in [0.717, 1.165) is 5.06 Å². The van der Waals surface area contributed by atoms with Crippen molar-refractivity contribution < 1.29 is 14.4 Å². The number of nitrogens with zero attached hydrogens (tertiary/aromatic N) is 1. The molecule has 0 saturated carbocycles. The van der Waals surface area contributed by atoms with Crippen LogP contribution in [0.2, 0.25) is 5.02 Å². The molecule has 1 aromatic rings. The van der Waals surface area contributed by atoms with E-state index < -0.39 is 11.9 Å². The van der Waals surface area contributed by atoms with Gasteiger partial charge >= 0.3 is 5.97 Å². The molecule has 0 spiro atoms. The minimum atomic E-state index is -0.542. The number of benzene rings is 1. The number of hydroxylamine groups is 2. The molecule has 0 aliphatic heterocycles. The Morgan fingerprint density at radius 2 is 1.80 bits per heavy atom. The second kappa shape index (κ2) is 4.79. The van der Waals surface area contributed by atoms with E-state index in [4.69, 9.17) is 11.6 Å². The topological polar surface area (TPSA) is 46.6 Å². The van der Waals surface area contributed by atoms with Gasteiger partial charge in [-0.15, -0.1) is 0 Å². The van der Waals surface area contributed by atoms with Gasteiger partial charge < -0.3 is 4.84 Å². The van der Waals surface area contributed by atoms with Crippen molar-refractivity contribution in [1.82, 2.24) is 5.06 Å². The molecule has 0 unspecified atom stereocenters. The Hall–Kier alpha value is -1.55. The number of amides is 1. The van der Waals surface area contributed by atoms with Crippen LogP contribution < -0.4 is 0 Å². The van der Waals surface area contributed by atoms with E-state index in [1.165, 1.54) is 14.0 Å². The van der Waals surface area contributed by atoms with Crippen LogP contribution in [0.3, 0.4) is 0 Å². The summed E-state index contributed by atoms with van der Waals surface area (Å²) in [5.74, 6) is -0.943. The summed E-state index contributed by atoms with van der Waals surface area (Å²) in [6, 6.07) is 6.31. The van der Waals surface area contributed by atoms with Gasteiger partial charge in [-0.2, -0.15) is 5.06 Å². The maximum atomic E-state index is 11.6. The molecule has 0 N–H and O–H groups in total. The molecule has 0 bridgehead atoms. The predicted molar refractivity (Wildman–Crippen MR) is 55.3 cm³/mol. The molecule has 1 rings (SSSR count). The standard InChI is InChI=1S/C10H10ClNO3/c1-7(13)15-12(2)10(14)8-3-5-9(11)6-4-8/h3-6H,1-2H3. The highest BCUT2D eigenvalue weighted by molar-refractivity contribution is 6.30. The normalized spacial score (nSPS) is 9.53. The third-order valence-corrected chi connectivity index (χ3v) is 1.89. The summed E-state index contributed by atoms with van der Waals surface area (Å²) >= 11 is 5.67. The van der Waals surface area contributed by atoms with Crippen molar-refractivity contribution in [3.63, 3.8) is 0 Å². The maximum absolute atomic E-state index is 11.6. The van der Waals surface area contributed by atoms with Crippen LogP contribution in [0.25, 0.3) is 0 Å². The minimum Gasteiger partial charge on any atom is -0.338 e. The third kappa shape index (κ3) is 3.25. The highest BCUT2D eigenvalue weighted by atomic mass is 35.5. The van der Waals surface area contributed by atoms with Gasteiger partial charge in [0.1, 0.15) is 0 Å². The van der Waals surface area contributed by atoms with Crippen molar-refractivity contribution in [2.45, 2.75) is 6.92 Å². The Balaban J connectivity index is 2.76. The third-order valence-electron chi connectivity index (χ3n) is 1.64. The number of halogens is 1. The number of carbonyl (C=O) groups excluding carboxylic acids is 2. The average Bonchev–Trinajstić information content (AvgIpc) is 2.17. The quantitative estimate of drug-likeness (QED) is 0.689. The Morgan fingerprint density at radius 3 is 2.27 bits per heavy atom. The van der Waals surface area contributed by atoms with Gasteiger partial charge in [0.15, 0.2) is 0 Å². The van der Waals surface area contributed by atoms with Crippen molar-refractivity contribution in [2.24, 2.45) is 0 Å². The number of rotatable bonds is 1. The van der Waals surface area contributed by atoms with Crippen molar-refractivity contribution in [3.05, 3.63) is 34.9 Å². The van der Waals surface area contributed by atoms with E-state index >= 15 is 0 Å². The fourth-order valence-corrected chi connectivity index (χ4v) is 1.13. The molecular formula is C10H10ClNO3. The smallest absolute Gasteiger partial charge is 0.329 e. The lowest BCUT2D eigenvalue weighted by Gasteiger charge is -2.14. The van der Waals surface area contributed by atoms with Crippen LogP contribution in [0.5, 0.6) is 0 Å². The van der Waals surface area contributed by atoms with E-state index in [9.17, 15) is 9.59 Å². The summed E-state index contributed by atoms with van der Waals surface area (Å²) in [6.07, 6.45) is 0. The fraction of sp³-hybridized carbons (Fsp3) is 0.200. The molecule has 0 aromatic heterocycles. The van der Waals surface area contributed by atoms with Gasteiger partial charge in [-0.3, -0.25) is 9.59 Å². The van der Waals surface area contributed by atoms with Gasteiger partial charge in [-0.25, -0.2) is 0 Å². The predicted octanol–water partition coefficient (Wildman–Crippen LogP) is 1.89. The maximum Gasteiger partial charge on any atom is 0.329 e. The minimum absolute atomic E-state index is 0.401. The molecule has 1 amide bonds. The van der Waals surface area contributed by atoms with Crippen LogP contribution in [-0.4, -0.2) is 24.0 Å². The first kappa shape index (κ1) is 11.5. The van der Waals surface area contributed by atoms with Crippen LogP contribution in [0.1, 0.15) is 17.3 Å². The van der Waals surface area contributed by atoms with E-state index in [2.05, 4.69) is 4.84 Å². The molecule has 0 aliphatic carbocycles.